The molecule has 2 aliphatic heterocycles. The number of para-hydroxylation sites is 1. The maximum atomic E-state index is 2.47. The second-order valence-electron chi connectivity index (χ2n) is 3.14. The van der Waals surface area contributed by atoms with Gasteiger partial charge in [0, 0.05) is 12.2 Å². The minimum atomic E-state index is 0.873. The monoisotopic (exact) mass is 131 g/mol. The first-order chi connectivity index (χ1) is 4.95. The highest BCUT2D eigenvalue weighted by Crippen LogP contribution is 2.40. The Hall–Kier alpha value is -0.980. The summed E-state index contributed by atoms with van der Waals surface area (Å²) < 4.78 is 0. The predicted molar refractivity (Wildman–Crippen MR) is 41.3 cm³/mol. The number of anilines is 1. The number of hydrogen-bond acceptors (Lipinski definition) is 1. The third-order valence-corrected chi connectivity index (χ3v) is 2.47. The van der Waals surface area contributed by atoms with Gasteiger partial charge in [-0.2, -0.15) is 0 Å². The van der Waals surface area contributed by atoms with Gasteiger partial charge in [0.25, 0.3) is 0 Å². The summed E-state index contributed by atoms with van der Waals surface area (Å²) in [6, 6.07) is 9.59. The van der Waals surface area contributed by atoms with E-state index in [9.17, 15) is 0 Å². The average molecular weight is 131 g/mol. The van der Waals surface area contributed by atoms with Gasteiger partial charge in [-0.1, -0.05) is 18.2 Å². The smallest absolute Gasteiger partial charge is 0.0507 e. The molecule has 50 valence electrons. The second kappa shape index (κ2) is 1.36. The van der Waals surface area contributed by atoms with Crippen molar-refractivity contribution in [3.8, 4) is 0 Å². The zero-order valence-electron chi connectivity index (χ0n) is 5.75. The molecule has 0 aliphatic carbocycles. The third-order valence-electron chi connectivity index (χ3n) is 2.47. The normalized spacial score (nSPS) is 26.0. The Morgan fingerprint density at radius 1 is 1.30 bits per heavy atom. The van der Waals surface area contributed by atoms with Gasteiger partial charge in [-0.3, -0.25) is 0 Å². The average Bonchev–Trinajstić information content (AvgIpc) is 2.64. The summed E-state index contributed by atoms with van der Waals surface area (Å²) in [4.78, 5) is 2.47. The number of nitrogens with zero attached hydrogens (tertiary/aromatic N) is 1. The summed E-state index contributed by atoms with van der Waals surface area (Å²) in [5.74, 6) is 0. The SMILES string of the molecule is c1ccc2c(c1)CC1CN21. The molecule has 10 heavy (non-hydrogen) atoms. The van der Waals surface area contributed by atoms with Crippen LogP contribution < -0.4 is 4.90 Å². The van der Waals surface area contributed by atoms with E-state index in [0.717, 1.165) is 6.04 Å². The molecule has 1 aromatic rings. The minimum absolute atomic E-state index is 0.873. The van der Waals surface area contributed by atoms with Crippen LogP contribution in [0.4, 0.5) is 5.69 Å². The van der Waals surface area contributed by atoms with Crippen LogP contribution >= 0.6 is 0 Å². The van der Waals surface area contributed by atoms with Gasteiger partial charge in [0.15, 0.2) is 0 Å². The topological polar surface area (TPSA) is 3.01 Å². The number of fused-ring (bicyclic) bond motifs is 3. The Kier molecular flexibility index (Phi) is 0.652. The van der Waals surface area contributed by atoms with Crippen molar-refractivity contribution in [1.29, 1.82) is 0 Å². The molecule has 1 heteroatoms. The summed E-state index contributed by atoms with van der Waals surface area (Å²) >= 11 is 0. The van der Waals surface area contributed by atoms with E-state index < -0.39 is 0 Å². The van der Waals surface area contributed by atoms with Gasteiger partial charge in [-0.15, -0.1) is 0 Å². The fourth-order valence-corrected chi connectivity index (χ4v) is 1.87. The van der Waals surface area contributed by atoms with Crippen molar-refractivity contribution in [2.75, 3.05) is 11.4 Å². The van der Waals surface area contributed by atoms with Crippen molar-refractivity contribution in [3.63, 3.8) is 0 Å². The summed E-state index contributed by atoms with van der Waals surface area (Å²) in [5.41, 5.74) is 3.02. The zero-order chi connectivity index (χ0) is 6.55. The maximum Gasteiger partial charge on any atom is 0.0507 e. The third kappa shape index (κ3) is 0.441. The molecule has 1 saturated heterocycles. The van der Waals surface area contributed by atoms with E-state index >= 15 is 0 Å². The van der Waals surface area contributed by atoms with E-state index in [1.807, 2.05) is 0 Å². The molecule has 0 radical (unpaired) electrons. The van der Waals surface area contributed by atoms with Gasteiger partial charge in [-0.25, -0.2) is 0 Å². The highest BCUT2D eigenvalue weighted by atomic mass is 15.3. The molecule has 0 N–H and O–H groups in total. The number of hydrogen-bond donors (Lipinski definition) is 0. The van der Waals surface area contributed by atoms with Crippen LogP contribution in [-0.2, 0) is 6.42 Å². The van der Waals surface area contributed by atoms with Crippen molar-refractivity contribution >= 4 is 5.69 Å². The first kappa shape index (κ1) is 4.78. The first-order valence-corrected chi connectivity index (χ1v) is 3.80. The lowest BCUT2D eigenvalue weighted by Crippen LogP contribution is -1.88. The molecular formula is C9H9N. The van der Waals surface area contributed by atoms with Crippen molar-refractivity contribution in [3.05, 3.63) is 29.8 Å². The molecular weight excluding hydrogens is 122 g/mol. The zero-order valence-corrected chi connectivity index (χ0v) is 5.75. The lowest BCUT2D eigenvalue weighted by molar-refractivity contribution is 1.02. The molecule has 0 spiro atoms. The lowest BCUT2D eigenvalue weighted by atomic mass is 10.1. The van der Waals surface area contributed by atoms with Gasteiger partial charge >= 0.3 is 0 Å². The summed E-state index contributed by atoms with van der Waals surface area (Å²) in [6.45, 7) is 1.30. The van der Waals surface area contributed by atoms with Crippen molar-refractivity contribution in [1.82, 2.24) is 0 Å². The summed E-state index contributed by atoms with van der Waals surface area (Å²) in [6.07, 6.45) is 1.29. The first-order valence-electron chi connectivity index (χ1n) is 3.80. The quantitative estimate of drug-likeness (QED) is 0.481. The van der Waals surface area contributed by atoms with Gasteiger partial charge in [0.2, 0.25) is 0 Å². The van der Waals surface area contributed by atoms with E-state index in [4.69, 9.17) is 0 Å². The summed E-state index contributed by atoms with van der Waals surface area (Å²) in [5, 5.41) is 0. The van der Waals surface area contributed by atoms with Crippen LogP contribution in [0.25, 0.3) is 0 Å². The molecule has 1 nitrogen and oxygen atoms in total. The Labute approximate surface area is 60.3 Å². The summed E-state index contributed by atoms with van der Waals surface area (Å²) in [7, 11) is 0. The van der Waals surface area contributed by atoms with Crippen LogP contribution in [0.5, 0.6) is 0 Å². The predicted octanol–water partition coefficient (Wildman–Crippen LogP) is 1.43. The molecule has 3 rings (SSSR count). The van der Waals surface area contributed by atoms with Gasteiger partial charge in [-0.05, 0) is 18.1 Å². The van der Waals surface area contributed by atoms with Crippen molar-refractivity contribution < 1.29 is 0 Å². The molecule has 0 amide bonds. The van der Waals surface area contributed by atoms with Crippen molar-refractivity contribution in [2.45, 2.75) is 12.5 Å². The molecule has 0 aromatic heterocycles. The van der Waals surface area contributed by atoms with E-state index in [2.05, 4.69) is 29.2 Å². The standard InChI is InChI=1S/C9H9N/c1-2-4-9-7(3-1)5-8-6-10(8)9/h1-4,8H,5-6H2. The highest BCUT2D eigenvalue weighted by molar-refractivity contribution is 5.65. The van der Waals surface area contributed by atoms with Crippen LogP contribution in [-0.4, -0.2) is 12.6 Å². The Bertz CT molecular complexity index is 280. The van der Waals surface area contributed by atoms with E-state index in [1.165, 1.54) is 18.7 Å². The fraction of sp³-hybridized carbons (Fsp3) is 0.333. The Morgan fingerprint density at radius 2 is 2.20 bits per heavy atom. The fourth-order valence-electron chi connectivity index (χ4n) is 1.87. The van der Waals surface area contributed by atoms with Crippen molar-refractivity contribution in [2.24, 2.45) is 0 Å². The van der Waals surface area contributed by atoms with Crippen LogP contribution in [0.2, 0.25) is 0 Å². The van der Waals surface area contributed by atoms with Crippen LogP contribution in [0.15, 0.2) is 24.3 Å². The lowest BCUT2D eigenvalue weighted by Gasteiger charge is -2.00. The van der Waals surface area contributed by atoms with E-state index in [0.29, 0.717) is 0 Å². The molecule has 1 atom stereocenters. The molecule has 1 aromatic carbocycles. The van der Waals surface area contributed by atoms with E-state index in [1.54, 1.807) is 5.56 Å². The molecule has 2 aliphatic rings. The number of rotatable bonds is 0. The van der Waals surface area contributed by atoms with Gasteiger partial charge in [0.1, 0.15) is 0 Å². The molecule has 0 saturated carbocycles. The number of benzene rings is 1. The molecule has 2 heterocycles. The Morgan fingerprint density at radius 3 is 3.10 bits per heavy atom. The molecule has 1 unspecified atom stereocenters. The minimum Gasteiger partial charge on any atom is -0.364 e. The second-order valence-corrected chi connectivity index (χ2v) is 3.14. The van der Waals surface area contributed by atoms with Gasteiger partial charge in [0.05, 0.1) is 6.04 Å². The Balaban J connectivity index is 2.22. The van der Waals surface area contributed by atoms with Crippen LogP contribution in [0.1, 0.15) is 5.56 Å². The molecule has 1 fully saturated rings. The van der Waals surface area contributed by atoms with Crippen LogP contribution in [0.3, 0.4) is 0 Å². The highest BCUT2D eigenvalue weighted by Gasteiger charge is 2.40. The molecule has 0 bridgehead atoms. The maximum absolute atomic E-state index is 2.47. The van der Waals surface area contributed by atoms with Crippen LogP contribution in [0, 0.1) is 0 Å². The van der Waals surface area contributed by atoms with Gasteiger partial charge < -0.3 is 4.90 Å². The largest absolute Gasteiger partial charge is 0.364 e. The van der Waals surface area contributed by atoms with E-state index in [-0.39, 0.29) is 0 Å².